The minimum atomic E-state index is -0.483. The molecule has 4 N–H and O–H groups in total. The first-order valence-electron chi connectivity index (χ1n) is 7.67. The average Bonchev–Trinajstić information content (AvgIpc) is 2.46. The lowest BCUT2D eigenvalue weighted by Crippen LogP contribution is -2.45. The molecular formula is C14H26N4O2. The van der Waals surface area contributed by atoms with Crippen LogP contribution in [0, 0.1) is 11.8 Å². The van der Waals surface area contributed by atoms with Crippen LogP contribution in [0.4, 0.5) is 4.79 Å². The second-order valence-electron chi connectivity index (χ2n) is 5.99. The summed E-state index contributed by atoms with van der Waals surface area (Å²) < 4.78 is 0. The van der Waals surface area contributed by atoms with Gasteiger partial charge in [0.2, 0.25) is 5.91 Å². The molecule has 0 aromatic heterocycles. The lowest BCUT2D eigenvalue weighted by Gasteiger charge is -2.34. The Hall–Kier alpha value is -1.30. The van der Waals surface area contributed by atoms with Crippen molar-refractivity contribution in [2.75, 3.05) is 32.7 Å². The minimum Gasteiger partial charge on any atom is -0.352 e. The maximum absolute atomic E-state index is 12.3. The van der Waals surface area contributed by atoms with E-state index in [0.717, 1.165) is 51.9 Å². The van der Waals surface area contributed by atoms with Crippen molar-refractivity contribution >= 4 is 11.9 Å². The summed E-state index contributed by atoms with van der Waals surface area (Å²) in [6, 6.07) is -0.483. The van der Waals surface area contributed by atoms with Crippen LogP contribution in [0.25, 0.3) is 0 Å². The highest BCUT2D eigenvalue weighted by atomic mass is 16.2. The highest BCUT2D eigenvalue weighted by molar-refractivity contribution is 5.76. The minimum absolute atomic E-state index is 0.278. The molecule has 2 fully saturated rings. The molecule has 2 saturated heterocycles. The molecule has 20 heavy (non-hydrogen) atoms. The van der Waals surface area contributed by atoms with Gasteiger partial charge >= 0.3 is 6.03 Å². The largest absolute Gasteiger partial charge is 0.352 e. The molecule has 2 heterocycles. The second-order valence-corrected chi connectivity index (χ2v) is 5.99. The van der Waals surface area contributed by atoms with E-state index in [1.165, 1.54) is 0 Å². The fourth-order valence-corrected chi connectivity index (χ4v) is 3.17. The first-order valence-corrected chi connectivity index (χ1v) is 7.67. The molecule has 6 nitrogen and oxygen atoms in total. The van der Waals surface area contributed by atoms with Crippen LogP contribution >= 0.6 is 0 Å². The summed E-state index contributed by atoms with van der Waals surface area (Å²) in [6.07, 6.45) is 4.95. The lowest BCUT2D eigenvalue weighted by atomic mass is 9.92. The molecule has 114 valence electrons. The molecule has 2 aliphatic rings. The fourth-order valence-electron chi connectivity index (χ4n) is 3.17. The van der Waals surface area contributed by atoms with E-state index in [0.29, 0.717) is 24.8 Å². The van der Waals surface area contributed by atoms with Crippen LogP contribution < -0.4 is 16.4 Å². The van der Waals surface area contributed by atoms with Crippen LogP contribution in [-0.2, 0) is 4.79 Å². The highest BCUT2D eigenvalue weighted by Gasteiger charge is 2.26. The van der Waals surface area contributed by atoms with Crippen LogP contribution in [0.15, 0.2) is 0 Å². The maximum atomic E-state index is 12.3. The standard InChI is InChI=1S/C14H26N4O2/c15-14(20)17-9-12-2-1-7-18(10-12)13(19)8-11-3-5-16-6-4-11/h11-12,16H,1-10H2,(H3,15,17,20). The zero-order valence-electron chi connectivity index (χ0n) is 12.1. The summed E-state index contributed by atoms with van der Waals surface area (Å²) in [5, 5.41) is 5.97. The quantitative estimate of drug-likeness (QED) is 0.692. The molecule has 0 radical (unpaired) electrons. The van der Waals surface area contributed by atoms with Crippen molar-refractivity contribution in [2.24, 2.45) is 17.6 Å². The second kappa shape index (κ2) is 7.47. The number of primary amides is 1. The van der Waals surface area contributed by atoms with E-state index in [1.54, 1.807) is 0 Å². The Kier molecular flexibility index (Phi) is 5.64. The van der Waals surface area contributed by atoms with E-state index in [2.05, 4.69) is 10.6 Å². The molecule has 3 amide bonds. The molecular weight excluding hydrogens is 256 g/mol. The van der Waals surface area contributed by atoms with Crippen molar-refractivity contribution in [1.29, 1.82) is 0 Å². The number of amides is 3. The lowest BCUT2D eigenvalue weighted by molar-refractivity contribution is -0.134. The van der Waals surface area contributed by atoms with E-state index in [1.807, 2.05) is 4.90 Å². The van der Waals surface area contributed by atoms with Crippen molar-refractivity contribution in [3.05, 3.63) is 0 Å². The van der Waals surface area contributed by atoms with Gasteiger partial charge in [-0.15, -0.1) is 0 Å². The Morgan fingerprint density at radius 1 is 1.20 bits per heavy atom. The van der Waals surface area contributed by atoms with E-state index in [-0.39, 0.29) is 5.91 Å². The smallest absolute Gasteiger partial charge is 0.312 e. The molecule has 6 heteroatoms. The average molecular weight is 282 g/mol. The zero-order chi connectivity index (χ0) is 14.4. The number of carbonyl (C=O) groups excluding carboxylic acids is 2. The summed E-state index contributed by atoms with van der Waals surface area (Å²) >= 11 is 0. The first kappa shape index (κ1) is 15.1. The molecule has 0 bridgehead atoms. The van der Waals surface area contributed by atoms with Crippen molar-refractivity contribution in [2.45, 2.75) is 32.1 Å². The summed E-state index contributed by atoms with van der Waals surface area (Å²) in [5.74, 6) is 1.15. The monoisotopic (exact) mass is 282 g/mol. The number of nitrogens with zero attached hydrogens (tertiary/aromatic N) is 1. The van der Waals surface area contributed by atoms with Crippen LogP contribution in [-0.4, -0.2) is 49.6 Å². The van der Waals surface area contributed by atoms with Gasteiger partial charge in [0.05, 0.1) is 0 Å². The number of hydrogen-bond acceptors (Lipinski definition) is 3. The summed E-state index contributed by atoms with van der Waals surface area (Å²) in [7, 11) is 0. The third-order valence-electron chi connectivity index (χ3n) is 4.36. The fraction of sp³-hybridized carbons (Fsp3) is 0.857. The molecule has 2 aliphatic heterocycles. The normalized spacial score (nSPS) is 24.4. The molecule has 0 aromatic carbocycles. The van der Waals surface area contributed by atoms with E-state index >= 15 is 0 Å². The first-order chi connectivity index (χ1) is 9.65. The Balaban J connectivity index is 1.75. The number of likely N-dealkylation sites (tertiary alicyclic amines) is 1. The number of nitrogens with two attached hydrogens (primary N) is 1. The predicted molar refractivity (Wildman–Crippen MR) is 77.1 cm³/mol. The SMILES string of the molecule is NC(=O)NCC1CCCN(C(=O)CC2CCNCC2)C1. The van der Waals surface area contributed by atoms with Crippen LogP contribution in [0.3, 0.4) is 0 Å². The van der Waals surface area contributed by atoms with E-state index in [4.69, 9.17) is 5.73 Å². The topological polar surface area (TPSA) is 87.5 Å². The van der Waals surface area contributed by atoms with Gasteiger partial charge in [-0.3, -0.25) is 4.79 Å². The highest BCUT2D eigenvalue weighted by Crippen LogP contribution is 2.21. The van der Waals surface area contributed by atoms with Gasteiger partial charge in [-0.25, -0.2) is 4.79 Å². The molecule has 2 rings (SSSR count). The van der Waals surface area contributed by atoms with Gasteiger partial charge in [0.1, 0.15) is 0 Å². The molecule has 1 unspecified atom stereocenters. The zero-order valence-corrected chi connectivity index (χ0v) is 12.1. The molecule has 0 saturated carbocycles. The molecule has 0 aromatic rings. The van der Waals surface area contributed by atoms with E-state index < -0.39 is 6.03 Å². The third-order valence-corrected chi connectivity index (χ3v) is 4.36. The third kappa shape index (κ3) is 4.67. The number of hydrogen-bond donors (Lipinski definition) is 3. The Morgan fingerprint density at radius 3 is 2.65 bits per heavy atom. The summed E-state index contributed by atoms with van der Waals surface area (Å²) in [4.78, 5) is 25.1. The summed E-state index contributed by atoms with van der Waals surface area (Å²) in [6.45, 7) is 4.25. The van der Waals surface area contributed by atoms with Gasteiger partial charge in [-0.05, 0) is 50.6 Å². The van der Waals surface area contributed by atoms with Gasteiger partial charge in [0.25, 0.3) is 0 Å². The number of nitrogens with one attached hydrogen (secondary N) is 2. The predicted octanol–water partition coefficient (Wildman–Crippen LogP) is 0.283. The summed E-state index contributed by atoms with van der Waals surface area (Å²) in [5.41, 5.74) is 5.09. The van der Waals surface area contributed by atoms with Crippen LogP contribution in [0.2, 0.25) is 0 Å². The van der Waals surface area contributed by atoms with Gasteiger partial charge in [0.15, 0.2) is 0 Å². The van der Waals surface area contributed by atoms with Gasteiger partial charge in [-0.2, -0.15) is 0 Å². The number of piperidine rings is 2. The number of rotatable bonds is 4. The number of carbonyl (C=O) groups is 2. The van der Waals surface area contributed by atoms with E-state index in [9.17, 15) is 9.59 Å². The Morgan fingerprint density at radius 2 is 1.95 bits per heavy atom. The van der Waals surface area contributed by atoms with Gasteiger partial charge < -0.3 is 21.3 Å². The van der Waals surface area contributed by atoms with Crippen molar-refractivity contribution in [3.63, 3.8) is 0 Å². The Bertz CT molecular complexity index is 342. The van der Waals surface area contributed by atoms with Crippen molar-refractivity contribution < 1.29 is 9.59 Å². The Labute approximate surface area is 120 Å². The van der Waals surface area contributed by atoms with Crippen LogP contribution in [0.5, 0.6) is 0 Å². The molecule has 1 atom stereocenters. The van der Waals surface area contributed by atoms with Gasteiger partial charge in [-0.1, -0.05) is 0 Å². The van der Waals surface area contributed by atoms with Crippen molar-refractivity contribution in [3.8, 4) is 0 Å². The van der Waals surface area contributed by atoms with Gasteiger partial charge in [0, 0.05) is 26.1 Å². The van der Waals surface area contributed by atoms with Crippen molar-refractivity contribution in [1.82, 2.24) is 15.5 Å². The number of urea groups is 1. The maximum Gasteiger partial charge on any atom is 0.312 e. The molecule has 0 spiro atoms. The van der Waals surface area contributed by atoms with Crippen LogP contribution in [0.1, 0.15) is 32.1 Å². The molecule has 0 aliphatic carbocycles.